The molecule has 1 aliphatic carbocycles. The Morgan fingerprint density at radius 1 is 1.26 bits per heavy atom. The maximum Gasteiger partial charge on any atom is 0.206 e. The Labute approximate surface area is 121 Å². The molecule has 2 fully saturated rings. The third-order valence-corrected chi connectivity index (χ3v) is 4.10. The number of likely N-dealkylation sites (tertiary alicyclic amines) is 1. The third-order valence-electron chi connectivity index (χ3n) is 4.10. The highest BCUT2D eigenvalue weighted by Gasteiger charge is 2.32. The van der Waals surface area contributed by atoms with Gasteiger partial charge in [0.05, 0.1) is 0 Å². The summed E-state index contributed by atoms with van der Waals surface area (Å²) in [6.07, 6.45) is 9.34. The van der Waals surface area contributed by atoms with Crippen LogP contribution in [0.3, 0.4) is 0 Å². The first kappa shape index (κ1) is 18.4. The van der Waals surface area contributed by atoms with E-state index in [-0.39, 0.29) is 1.43 Å². The van der Waals surface area contributed by atoms with Crippen molar-refractivity contribution in [2.75, 3.05) is 20.6 Å². The van der Waals surface area contributed by atoms with Crippen LogP contribution in [0.1, 0.15) is 60.7 Å². The van der Waals surface area contributed by atoms with Crippen molar-refractivity contribution in [1.29, 1.82) is 0 Å². The van der Waals surface area contributed by atoms with Crippen molar-refractivity contribution in [2.45, 2.75) is 65.3 Å². The molecule has 1 N–H and O–H groups in total. The molecule has 0 bridgehead atoms. The van der Waals surface area contributed by atoms with Gasteiger partial charge in [0, 0.05) is 21.1 Å². The Hall–Kier alpha value is -0.570. The summed E-state index contributed by atoms with van der Waals surface area (Å²) in [5.74, 6) is 2.12. The molecule has 1 aliphatic heterocycles. The van der Waals surface area contributed by atoms with E-state index in [9.17, 15) is 0 Å². The molecule has 1 saturated carbocycles. The van der Waals surface area contributed by atoms with E-state index in [0.717, 1.165) is 17.9 Å². The van der Waals surface area contributed by atoms with Crippen LogP contribution >= 0.6 is 0 Å². The maximum atomic E-state index is 9.06. The molecule has 0 spiro atoms. The first-order valence-corrected chi connectivity index (χ1v) is 7.91. The first-order chi connectivity index (χ1) is 9.10. The van der Waals surface area contributed by atoms with Gasteiger partial charge in [0.1, 0.15) is 0 Å². The molecule has 1 saturated heterocycles. The van der Waals surface area contributed by atoms with E-state index in [1.807, 2.05) is 0 Å². The molecule has 0 radical (unpaired) electrons. The molecular weight excluding hydrogens is 236 g/mol. The Morgan fingerprint density at radius 3 is 2.21 bits per heavy atom. The van der Waals surface area contributed by atoms with Gasteiger partial charge in [-0.1, -0.05) is 39.5 Å². The van der Waals surface area contributed by atoms with E-state index in [1.165, 1.54) is 45.1 Å². The largest absolute Gasteiger partial charge is 0.362 e. The molecule has 3 nitrogen and oxygen atoms in total. The van der Waals surface area contributed by atoms with E-state index in [0.29, 0.717) is 6.41 Å². The van der Waals surface area contributed by atoms with Gasteiger partial charge in [-0.15, -0.1) is 0 Å². The number of hydrogen-bond acceptors (Lipinski definition) is 2. The lowest BCUT2D eigenvalue weighted by molar-refractivity contribution is -0.109. The standard InChI is InChI=1S/C11H21N.C3H8.C2H5NO.H2/c1-9-7-10-5-3-4-6-11(10)8-12(9)2;1-3-2;1-3-2-4;/h9-11H,3-8H2,1-2H3;3H2,1-2H3;2H,1H3,(H,3,4);1H/t9?,10-,11+;;;/m0.../s1. The van der Waals surface area contributed by atoms with Gasteiger partial charge in [-0.25, -0.2) is 0 Å². The second-order valence-electron chi connectivity index (χ2n) is 5.94. The zero-order chi connectivity index (χ0) is 14.7. The fraction of sp³-hybridized carbons (Fsp3) is 0.938. The van der Waals surface area contributed by atoms with Gasteiger partial charge in [0.15, 0.2) is 0 Å². The zero-order valence-corrected chi connectivity index (χ0v) is 13.6. The van der Waals surface area contributed by atoms with Gasteiger partial charge in [-0.05, 0) is 38.6 Å². The van der Waals surface area contributed by atoms with Crippen molar-refractivity contribution in [2.24, 2.45) is 11.8 Å². The molecule has 3 heteroatoms. The monoisotopic (exact) mass is 272 g/mol. The number of nitrogens with zero attached hydrogens (tertiary/aromatic N) is 1. The Kier molecular flexibility index (Phi) is 10.9. The minimum atomic E-state index is 0. The second kappa shape index (κ2) is 11.3. The number of amides is 1. The number of piperidine rings is 1. The van der Waals surface area contributed by atoms with Crippen LogP contribution in [0.5, 0.6) is 0 Å². The summed E-state index contributed by atoms with van der Waals surface area (Å²) in [6.45, 7) is 8.00. The molecular formula is C16H36N2O. The van der Waals surface area contributed by atoms with E-state index in [4.69, 9.17) is 4.79 Å². The first-order valence-electron chi connectivity index (χ1n) is 7.91. The van der Waals surface area contributed by atoms with Gasteiger partial charge in [0.2, 0.25) is 6.41 Å². The van der Waals surface area contributed by atoms with E-state index < -0.39 is 0 Å². The summed E-state index contributed by atoms with van der Waals surface area (Å²) < 4.78 is 0. The van der Waals surface area contributed by atoms with Crippen molar-refractivity contribution < 1.29 is 6.22 Å². The minimum absolute atomic E-state index is 0. The predicted molar refractivity (Wildman–Crippen MR) is 85.4 cm³/mol. The molecule has 1 unspecified atom stereocenters. The molecule has 1 amide bonds. The van der Waals surface area contributed by atoms with E-state index in [1.54, 1.807) is 7.05 Å². The van der Waals surface area contributed by atoms with Crippen LogP contribution in [-0.4, -0.2) is 38.0 Å². The van der Waals surface area contributed by atoms with Gasteiger partial charge in [-0.3, -0.25) is 4.79 Å². The van der Waals surface area contributed by atoms with Crippen LogP contribution in [0.2, 0.25) is 0 Å². The maximum absolute atomic E-state index is 9.06. The molecule has 2 aliphatic rings. The van der Waals surface area contributed by atoms with Gasteiger partial charge < -0.3 is 10.2 Å². The number of nitrogens with one attached hydrogen (secondary N) is 1. The molecule has 0 aromatic carbocycles. The number of fused-ring (bicyclic) bond motifs is 1. The van der Waals surface area contributed by atoms with Crippen LogP contribution in [0.4, 0.5) is 0 Å². The summed E-state index contributed by atoms with van der Waals surface area (Å²) >= 11 is 0. The third kappa shape index (κ3) is 7.56. The summed E-state index contributed by atoms with van der Waals surface area (Å²) in [5, 5.41) is 2.25. The fourth-order valence-electron chi connectivity index (χ4n) is 3.00. The number of hydrogen-bond donors (Lipinski definition) is 1. The van der Waals surface area contributed by atoms with Crippen LogP contribution in [-0.2, 0) is 4.79 Å². The molecule has 3 atom stereocenters. The zero-order valence-electron chi connectivity index (χ0n) is 13.6. The van der Waals surface area contributed by atoms with Crippen molar-refractivity contribution in [1.82, 2.24) is 10.2 Å². The Balaban J connectivity index is 0. The molecule has 2 rings (SSSR count). The van der Waals surface area contributed by atoms with Crippen LogP contribution in [0, 0.1) is 11.8 Å². The average molecular weight is 272 g/mol. The van der Waals surface area contributed by atoms with Crippen LogP contribution in [0.15, 0.2) is 0 Å². The minimum Gasteiger partial charge on any atom is -0.362 e. The summed E-state index contributed by atoms with van der Waals surface area (Å²) in [4.78, 5) is 11.6. The molecule has 0 aromatic heterocycles. The fourth-order valence-corrected chi connectivity index (χ4v) is 3.00. The summed E-state index contributed by atoms with van der Waals surface area (Å²) in [7, 11) is 3.85. The lowest BCUT2D eigenvalue weighted by atomic mass is 9.73. The van der Waals surface area contributed by atoms with Crippen LogP contribution < -0.4 is 5.32 Å². The lowest BCUT2D eigenvalue weighted by Gasteiger charge is -2.43. The number of carbonyl (C=O) groups is 1. The topological polar surface area (TPSA) is 32.3 Å². The normalized spacial score (nSPS) is 29.8. The highest BCUT2D eigenvalue weighted by molar-refractivity contribution is 5.44. The van der Waals surface area contributed by atoms with E-state index in [2.05, 4.69) is 38.0 Å². The quantitative estimate of drug-likeness (QED) is 0.741. The van der Waals surface area contributed by atoms with Gasteiger partial charge in [0.25, 0.3) is 0 Å². The van der Waals surface area contributed by atoms with Crippen molar-refractivity contribution in [3.8, 4) is 0 Å². The van der Waals surface area contributed by atoms with Crippen LogP contribution in [0.25, 0.3) is 0 Å². The van der Waals surface area contributed by atoms with Crippen molar-refractivity contribution >= 4 is 6.41 Å². The molecule has 19 heavy (non-hydrogen) atoms. The lowest BCUT2D eigenvalue weighted by Crippen LogP contribution is -2.44. The highest BCUT2D eigenvalue weighted by atomic mass is 16.1. The SMILES string of the molecule is CC1C[C@@H]2CCCC[C@@H]2CN1C.CCC.CNC=O.[HH]. The summed E-state index contributed by atoms with van der Waals surface area (Å²) in [6, 6.07) is 0.837. The second-order valence-corrected chi connectivity index (χ2v) is 5.94. The molecule has 116 valence electrons. The molecule has 1 heterocycles. The predicted octanol–water partition coefficient (Wildman–Crippen LogP) is 3.54. The highest BCUT2D eigenvalue weighted by Crippen LogP contribution is 2.37. The Morgan fingerprint density at radius 2 is 1.74 bits per heavy atom. The van der Waals surface area contributed by atoms with Gasteiger partial charge >= 0.3 is 0 Å². The van der Waals surface area contributed by atoms with Crippen molar-refractivity contribution in [3.63, 3.8) is 0 Å². The smallest absolute Gasteiger partial charge is 0.206 e. The number of rotatable bonds is 1. The number of carbonyl (C=O) groups excluding carboxylic acids is 1. The summed E-state index contributed by atoms with van der Waals surface area (Å²) in [5.41, 5.74) is 0. The molecule has 0 aromatic rings. The van der Waals surface area contributed by atoms with E-state index >= 15 is 0 Å². The van der Waals surface area contributed by atoms with Crippen molar-refractivity contribution in [3.05, 3.63) is 0 Å². The van der Waals surface area contributed by atoms with Gasteiger partial charge in [-0.2, -0.15) is 0 Å². The Bertz CT molecular complexity index is 209. The average Bonchev–Trinajstić information content (AvgIpc) is 2.41.